The lowest BCUT2D eigenvalue weighted by atomic mass is 10.0. The first-order valence-electron chi connectivity index (χ1n) is 13.0. The average Bonchev–Trinajstić information content (AvgIpc) is 2.81. The normalized spacial score (nSPS) is 14.2. The zero-order chi connectivity index (χ0) is 24.6. The fraction of sp³-hybridized carbons (Fsp3) is 0.960. The van der Waals surface area contributed by atoms with Crippen molar-refractivity contribution in [1.82, 2.24) is 0 Å². The van der Waals surface area contributed by atoms with Crippen molar-refractivity contribution in [2.75, 3.05) is 39.6 Å². The molecular formula is C25H50O8. The molecule has 0 amide bonds. The van der Waals surface area contributed by atoms with Crippen LogP contribution in [-0.2, 0) is 19.0 Å². The van der Waals surface area contributed by atoms with Gasteiger partial charge in [-0.15, -0.1) is 0 Å². The highest BCUT2D eigenvalue weighted by Crippen LogP contribution is 2.13. The minimum Gasteiger partial charge on any atom is -0.457 e. The lowest BCUT2D eigenvalue weighted by Crippen LogP contribution is -2.32. The molecule has 0 aliphatic heterocycles. The second kappa shape index (κ2) is 24.4. The van der Waals surface area contributed by atoms with Crippen LogP contribution in [0.5, 0.6) is 0 Å². The summed E-state index contributed by atoms with van der Waals surface area (Å²) in [6.45, 7) is 1.28. The van der Waals surface area contributed by atoms with Gasteiger partial charge in [-0.3, -0.25) is 4.79 Å². The van der Waals surface area contributed by atoms with Crippen molar-refractivity contribution in [3.05, 3.63) is 0 Å². The standard InChI is InChI=1S/C25H50O8/c1-2-3-4-5-6-7-8-9-10-11-12-13-14-15-25(30)33-24(20-31-18-22(28)16-26)21-32-19-23(29)17-27/h22-24,26-29H,2-21H2,1H3. The van der Waals surface area contributed by atoms with Crippen molar-refractivity contribution in [2.24, 2.45) is 0 Å². The van der Waals surface area contributed by atoms with Crippen LogP contribution in [0.2, 0.25) is 0 Å². The molecule has 0 saturated carbocycles. The van der Waals surface area contributed by atoms with Crippen LogP contribution >= 0.6 is 0 Å². The predicted octanol–water partition coefficient (Wildman–Crippen LogP) is 3.12. The van der Waals surface area contributed by atoms with Crippen molar-refractivity contribution in [2.45, 2.75) is 115 Å². The molecule has 0 aliphatic carbocycles. The number of unbranched alkanes of at least 4 members (excludes halogenated alkanes) is 12. The number of esters is 1. The van der Waals surface area contributed by atoms with Crippen LogP contribution in [0.1, 0.15) is 96.8 Å². The van der Waals surface area contributed by atoms with Crippen molar-refractivity contribution in [1.29, 1.82) is 0 Å². The van der Waals surface area contributed by atoms with E-state index in [1.807, 2.05) is 0 Å². The smallest absolute Gasteiger partial charge is 0.306 e. The molecule has 0 fully saturated rings. The van der Waals surface area contributed by atoms with Gasteiger partial charge in [0.1, 0.15) is 18.3 Å². The van der Waals surface area contributed by atoms with Crippen molar-refractivity contribution in [3.63, 3.8) is 0 Å². The van der Waals surface area contributed by atoms with Crippen LogP contribution in [-0.4, -0.2) is 84.3 Å². The van der Waals surface area contributed by atoms with E-state index < -0.39 is 31.5 Å². The van der Waals surface area contributed by atoms with E-state index in [4.69, 9.17) is 24.4 Å². The maximum absolute atomic E-state index is 12.1. The number of aliphatic hydroxyl groups excluding tert-OH is 4. The molecule has 2 unspecified atom stereocenters. The van der Waals surface area contributed by atoms with Gasteiger partial charge in [-0.1, -0.05) is 84.0 Å². The summed E-state index contributed by atoms with van der Waals surface area (Å²) in [6.07, 6.45) is 13.8. The number of carbonyl (C=O) groups is 1. The van der Waals surface area contributed by atoms with Crippen molar-refractivity contribution < 1.29 is 39.4 Å². The number of rotatable bonds is 25. The summed E-state index contributed by atoms with van der Waals surface area (Å²) in [5.74, 6) is -0.333. The summed E-state index contributed by atoms with van der Waals surface area (Å²) in [4.78, 5) is 12.1. The molecule has 8 nitrogen and oxygen atoms in total. The molecule has 4 N–H and O–H groups in total. The maximum atomic E-state index is 12.1. The molecule has 8 heteroatoms. The van der Waals surface area contributed by atoms with Crippen LogP contribution in [0.15, 0.2) is 0 Å². The Kier molecular flexibility index (Phi) is 23.8. The van der Waals surface area contributed by atoms with E-state index in [2.05, 4.69) is 6.92 Å². The highest BCUT2D eigenvalue weighted by atomic mass is 16.6. The first-order valence-corrected chi connectivity index (χ1v) is 13.0. The van der Waals surface area contributed by atoms with Gasteiger partial charge in [-0.25, -0.2) is 0 Å². The third-order valence-electron chi connectivity index (χ3n) is 5.43. The molecule has 0 spiro atoms. The number of hydrogen-bond acceptors (Lipinski definition) is 8. The number of ether oxygens (including phenoxy) is 3. The number of aliphatic hydroxyl groups is 4. The Hall–Kier alpha value is -0.770. The molecular weight excluding hydrogens is 428 g/mol. The fourth-order valence-corrected chi connectivity index (χ4v) is 3.42. The van der Waals surface area contributed by atoms with E-state index in [-0.39, 0.29) is 32.4 Å². The van der Waals surface area contributed by atoms with Gasteiger partial charge in [0.25, 0.3) is 0 Å². The van der Waals surface area contributed by atoms with Crippen LogP contribution in [0.4, 0.5) is 0 Å². The molecule has 0 radical (unpaired) electrons. The summed E-state index contributed by atoms with van der Waals surface area (Å²) in [5.41, 5.74) is 0. The minimum absolute atomic E-state index is 0.0105. The van der Waals surface area contributed by atoms with Gasteiger partial charge < -0.3 is 34.6 Å². The topological polar surface area (TPSA) is 126 Å². The highest BCUT2D eigenvalue weighted by molar-refractivity contribution is 5.69. The molecule has 0 rings (SSSR count). The molecule has 33 heavy (non-hydrogen) atoms. The van der Waals surface area contributed by atoms with Crippen LogP contribution < -0.4 is 0 Å². The SMILES string of the molecule is CCCCCCCCCCCCCCCC(=O)OC(COCC(O)CO)COCC(O)CO. The van der Waals surface area contributed by atoms with Gasteiger partial charge in [0.05, 0.1) is 39.6 Å². The van der Waals surface area contributed by atoms with Gasteiger partial charge in [-0.2, -0.15) is 0 Å². The largest absolute Gasteiger partial charge is 0.457 e. The maximum Gasteiger partial charge on any atom is 0.306 e. The zero-order valence-electron chi connectivity index (χ0n) is 20.8. The molecule has 0 aromatic heterocycles. The molecule has 2 atom stereocenters. The Labute approximate surface area is 200 Å². The third kappa shape index (κ3) is 22.8. The Morgan fingerprint density at radius 3 is 1.42 bits per heavy atom. The number of carbonyl (C=O) groups excluding carboxylic acids is 1. The summed E-state index contributed by atoms with van der Waals surface area (Å²) < 4.78 is 16.0. The summed E-state index contributed by atoms with van der Waals surface area (Å²) >= 11 is 0. The lowest BCUT2D eigenvalue weighted by molar-refractivity contribution is -0.158. The second-order valence-electron chi connectivity index (χ2n) is 8.85. The molecule has 0 bridgehead atoms. The quantitative estimate of drug-likeness (QED) is 0.116. The lowest BCUT2D eigenvalue weighted by Gasteiger charge is -2.19. The van der Waals surface area contributed by atoms with Crippen LogP contribution in [0, 0.1) is 0 Å². The summed E-state index contributed by atoms with van der Waals surface area (Å²) in [7, 11) is 0. The van der Waals surface area contributed by atoms with E-state index in [1.165, 1.54) is 64.2 Å². The fourth-order valence-electron chi connectivity index (χ4n) is 3.42. The first kappa shape index (κ1) is 32.2. The van der Waals surface area contributed by atoms with Gasteiger partial charge in [-0.05, 0) is 6.42 Å². The first-order chi connectivity index (χ1) is 16.0. The summed E-state index contributed by atoms with van der Waals surface area (Å²) in [5, 5.41) is 36.4. The van der Waals surface area contributed by atoms with E-state index in [0.717, 1.165) is 19.3 Å². The molecule has 0 heterocycles. The Morgan fingerprint density at radius 2 is 1.03 bits per heavy atom. The van der Waals surface area contributed by atoms with Gasteiger partial charge >= 0.3 is 5.97 Å². The predicted molar refractivity (Wildman–Crippen MR) is 128 cm³/mol. The molecule has 0 aliphatic rings. The molecule has 0 aromatic carbocycles. The van der Waals surface area contributed by atoms with Crippen molar-refractivity contribution >= 4 is 5.97 Å². The average molecular weight is 479 g/mol. The monoisotopic (exact) mass is 478 g/mol. The van der Waals surface area contributed by atoms with Gasteiger partial charge in [0.15, 0.2) is 0 Å². The molecule has 198 valence electrons. The van der Waals surface area contributed by atoms with Crippen LogP contribution in [0.3, 0.4) is 0 Å². The Balaban J connectivity index is 3.84. The summed E-state index contributed by atoms with van der Waals surface area (Å²) in [6, 6.07) is 0. The van der Waals surface area contributed by atoms with Gasteiger partial charge in [0, 0.05) is 6.42 Å². The second-order valence-corrected chi connectivity index (χ2v) is 8.85. The van der Waals surface area contributed by atoms with E-state index in [9.17, 15) is 15.0 Å². The Bertz CT molecular complexity index is 405. The third-order valence-corrected chi connectivity index (χ3v) is 5.43. The molecule has 0 saturated heterocycles. The van der Waals surface area contributed by atoms with E-state index >= 15 is 0 Å². The van der Waals surface area contributed by atoms with Gasteiger partial charge in [0.2, 0.25) is 0 Å². The number of hydrogen-bond donors (Lipinski definition) is 4. The van der Waals surface area contributed by atoms with Crippen molar-refractivity contribution in [3.8, 4) is 0 Å². The highest BCUT2D eigenvalue weighted by Gasteiger charge is 2.17. The Morgan fingerprint density at radius 1 is 0.636 bits per heavy atom. The zero-order valence-corrected chi connectivity index (χ0v) is 20.8. The molecule has 0 aromatic rings. The van der Waals surface area contributed by atoms with E-state index in [0.29, 0.717) is 6.42 Å². The van der Waals surface area contributed by atoms with Crippen LogP contribution in [0.25, 0.3) is 0 Å². The van der Waals surface area contributed by atoms with E-state index in [1.54, 1.807) is 0 Å². The minimum atomic E-state index is -0.996.